The molecular formula is C45H69N13O11. The van der Waals surface area contributed by atoms with E-state index >= 15 is 0 Å². The topological polar surface area (TPSA) is 311 Å². The Morgan fingerprint density at radius 2 is 1.14 bits per heavy atom. The second-order valence-corrected chi connectivity index (χ2v) is 17.9. The van der Waals surface area contributed by atoms with E-state index in [0.717, 1.165) is 0 Å². The summed E-state index contributed by atoms with van der Waals surface area (Å²) >= 11 is 0. The second kappa shape index (κ2) is 28.7. The molecule has 1 saturated heterocycles. The van der Waals surface area contributed by atoms with E-state index in [9.17, 15) is 44.4 Å². The van der Waals surface area contributed by atoms with Gasteiger partial charge in [0.15, 0.2) is 6.29 Å². The van der Waals surface area contributed by atoms with Crippen LogP contribution in [0.4, 0.5) is 5.69 Å². The van der Waals surface area contributed by atoms with Crippen LogP contribution in [0.2, 0.25) is 0 Å². The Bertz CT molecular complexity index is 2050. The number of aliphatic hydroxyl groups is 2. The van der Waals surface area contributed by atoms with E-state index in [4.69, 9.17) is 9.47 Å². The highest BCUT2D eigenvalue weighted by molar-refractivity contribution is 5.91. The Labute approximate surface area is 402 Å². The van der Waals surface area contributed by atoms with Crippen molar-refractivity contribution in [1.82, 2.24) is 60.6 Å². The van der Waals surface area contributed by atoms with Gasteiger partial charge in [0.2, 0.25) is 29.4 Å². The minimum absolute atomic E-state index is 0.0420. The van der Waals surface area contributed by atoms with E-state index in [1.165, 1.54) is 6.20 Å². The van der Waals surface area contributed by atoms with Crippen molar-refractivity contribution in [3.05, 3.63) is 42.7 Å². The third kappa shape index (κ3) is 23.0. The van der Waals surface area contributed by atoms with E-state index in [0.29, 0.717) is 108 Å². The fourth-order valence-electron chi connectivity index (χ4n) is 7.10. The molecule has 24 heteroatoms. The molecule has 0 spiro atoms. The normalized spacial score (nSPS) is 15.2. The molecule has 0 radical (unpaired) electrons. The number of carbonyl (C=O) groups excluding carboxylic acids is 3. The fraction of sp³-hybridized carbons (Fsp3) is 0.622. The van der Waals surface area contributed by atoms with E-state index in [1.807, 2.05) is 38.7 Å². The van der Waals surface area contributed by atoms with E-state index < -0.39 is 29.4 Å². The van der Waals surface area contributed by atoms with Gasteiger partial charge in [0, 0.05) is 91.0 Å². The number of rotatable bonds is 26. The molecule has 0 unspecified atom stereocenters. The Morgan fingerprint density at radius 1 is 0.623 bits per heavy atom. The molecule has 0 aromatic carbocycles. The Balaban J connectivity index is 1.08. The SMILES string of the molecule is CC(C)(CCNC(=O)CN1CCN(CC(=O)O)CCN(CC(=O)O)CCN(CC(O)O)CC1)OCCC(C)(C)OCCNC(=O)CCCC(=O)Nc1ccc(-c2nnc(-c3ccccn3)nn2)nc1. The highest BCUT2D eigenvalue weighted by Gasteiger charge is 2.25. The lowest BCUT2D eigenvalue weighted by Gasteiger charge is -2.33. The molecule has 1 aliphatic rings. The van der Waals surface area contributed by atoms with Crippen LogP contribution in [0.25, 0.3) is 23.0 Å². The van der Waals surface area contributed by atoms with Crippen molar-refractivity contribution in [2.24, 2.45) is 0 Å². The molecule has 24 nitrogen and oxygen atoms in total. The predicted octanol–water partition coefficient (Wildman–Crippen LogP) is -0.196. The first kappa shape index (κ1) is 55.9. The van der Waals surface area contributed by atoms with Crippen molar-refractivity contribution >= 4 is 35.3 Å². The molecule has 4 heterocycles. The Hall–Kier alpha value is -5.73. The van der Waals surface area contributed by atoms with E-state index in [-0.39, 0.29) is 75.0 Å². The van der Waals surface area contributed by atoms with Gasteiger partial charge in [-0.1, -0.05) is 6.07 Å². The number of aliphatic carboxylic acids is 2. The summed E-state index contributed by atoms with van der Waals surface area (Å²) in [4.78, 5) is 76.8. The molecule has 7 N–H and O–H groups in total. The van der Waals surface area contributed by atoms with Gasteiger partial charge in [-0.15, -0.1) is 20.4 Å². The molecule has 3 aromatic heterocycles. The van der Waals surface area contributed by atoms with Crippen LogP contribution in [0.5, 0.6) is 0 Å². The van der Waals surface area contributed by atoms with Crippen LogP contribution in [-0.4, -0.2) is 222 Å². The molecule has 0 atom stereocenters. The molecule has 4 rings (SSSR count). The summed E-state index contributed by atoms with van der Waals surface area (Å²) in [6, 6.07) is 8.66. The molecule has 0 aliphatic carbocycles. The van der Waals surface area contributed by atoms with Gasteiger partial charge in [-0.05, 0) is 71.2 Å². The number of carboxylic acid groups (broad SMARTS) is 2. The zero-order valence-electron chi connectivity index (χ0n) is 40.1. The first-order chi connectivity index (χ1) is 32.8. The van der Waals surface area contributed by atoms with Gasteiger partial charge < -0.3 is 45.9 Å². The van der Waals surface area contributed by atoms with Gasteiger partial charge in [0.25, 0.3) is 0 Å². The van der Waals surface area contributed by atoms with Crippen molar-refractivity contribution in [2.45, 2.75) is 77.3 Å². The Morgan fingerprint density at radius 3 is 1.68 bits per heavy atom. The summed E-state index contributed by atoms with van der Waals surface area (Å²) < 4.78 is 12.2. The van der Waals surface area contributed by atoms with E-state index in [2.05, 4.69) is 46.3 Å². The fourth-order valence-corrected chi connectivity index (χ4v) is 7.10. The summed E-state index contributed by atoms with van der Waals surface area (Å²) in [5, 5.41) is 63.1. The van der Waals surface area contributed by atoms with Gasteiger partial charge in [-0.25, -0.2) is 0 Å². The lowest BCUT2D eigenvalue weighted by Crippen LogP contribution is -2.50. The number of hydrogen-bond acceptors (Lipinski definition) is 19. The standard InChI is InChI=1S/C45H69N13O11/c1-44(2,13-16-47-38(61)29-55-18-20-56(30-39(62)63)22-24-58(32-41(66)67)25-23-57(21-19-55)31-40(64)65)68-26-14-45(3,4)69-27-17-48-36(59)9-7-10-37(60)50-33-11-12-35(49-28-33)43-53-51-42(52-54-43)34-8-5-6-15-46-34/h5-6,8,11-12,15,28,39,62-63H,7,9-10,13-14,16-27,29-32H2,1-4H3,(H,47,61)(H,48,59)(H,50,60)(H,64,65)(H,66,67). The number of nitrogens with zero attached hydrogens (tertiary/aromatic N) is 10. The molecule has 69 heavy (non-hydrogen) atoms. The lowest BCUT2D eigenvalue weighted by atomic mass is 10.0. The number of hydrogen-bond donors (Lipinski definition) is 7. The number of carbonyl (C=O) groups is 5. The monoisotopic (exact) mass is 968 g/mol. The van der Waals surface area contributed by atoms with Crippen LogP contribution in [0, 0.1) is 0 Å². The third-order valence-corrected chi connectivity index (χ3v) is 11.1. The molecule has 0 bridgehead atoms. The maximum absolute atomic E-state index is 13.1. The Kier molecular flexibility index (Phi) is 23.2. The molecule has 380 valence electrons. The number of β-amino-alcohol motifs (C(OH)–C–C–N with tert-alkyl or cyclic N) is 2. The van der Waals surface area contributed by atoms with Gasteiger partial charge >= 0.3 is 11.9 Å². The zero-order chi connectivity index (χ0) is 50.2. The highest BCUT2D eigenvalue weighted by Crippen LogP contribution is 2.20. The third-order valence-electron chi connectivity index (χ3n) is 11.1. The molecule has 1 aliphatic heterocycles. The number of carboxylic acids is 2. The van der Waals surface area contributed by atoms with Crippen molar-refractivity contribution in [1.29, 1.82) is 0 Å². The van der Waals surface area contributed by atoms with Gasteiger partial charge in [0.05, 0.1) is 55.9 Å². The number of aliphatic hydroxyl groups excluding tert-OH is 1. The van der Waals surface area contributed by atoms with Crippen LogP contribution >= 0.6 is 0 Å². The van der Waals surface area contributed by atoms with Crippen molar-refractivity contribution in [3.8, 4) is 23.0 Å². The maximum Gasteiger partial charge on any atom is 0.317 e. The number of nitrogens with one attached hydrogen (secondary N) is 3. The second-order valence-electron chi connectivity index (χ2n) is 17.9. The van der Waals surface area contributed by atoms with Crippen LogP contribution in [0.15, 0.2) is 42.7 Å². The summed E-state index contributed by atoms with van der Waals surface area (Å²) in [7, 11) is 0. The quantitative estimate of drug-likeness (QED) is 0.0405. The predicted molar refractivity (Wildman–Crippen MR) is 251 cm³/mol. The van der Waals surface area contributed by atoms with Crippen LogP contribution in [-0.2, 0) is 33.4 Å². The molecule has 3 amide bonds. The molecule has 3 aromatic rings. The summed E-state index contributed by atoms with van der Waals surface area (Å²) in [5.41, 5.74) is 0.344. The van der Waals surface area contributed by atoms with Crippen LogP contribution in [0.1, 0.15) is 59.8 Å². The smallest absolute Gasteiger partial charge is 0.317 e. The minimum atomic E-state index is -1.59. The first-order valence-corrected chi connectivity index (χ1v) is 23.1. The van der Waals surface area contributed by atoms with Gasteiger partial charge in [-0.3, -0.25) is 53.5 Å². The highest BCUT2D eigenvalue weighted by atomic mass is 16.5. The van der Waals surface area contributed by atoms with Crippen molar-refractivity contribution in [3.63, 3.8) is 0 Å². The van der Waals surface area contributed by atoms with Gasteiger partial charge in [0.1, 0.15) is 11.4 Å². The summed E-state index contributed by atoms with van der Waals surface area (Å²) in [6.45, 7) is 11.4. The number of amides is 3. The minimum Gasteiger partial charge on any atom is -0.480 e. The maximum atomic E-state index is 13.1. The summed E-state index contributed by atoms with van der Waals surface area (Å²) in [5.74, 6) is -2.18. The largest absolute Gasteiger partial charge is 0.480 e. The summed E-state index contributed by atoms with van der Waals surface area (Å²) in [6.07, 6.45) is 3.27. The number of anilines is 1. The van der Waals surface area contributed by atoms with Crippen LogP contribution in [0.3, 0.4) is 0 Å². The van der Waals surface area contributed by atoms with E-state index in [1.54, 1.807) is 45.2 Å². The average molecular weight is 968 g/mol. The lowest BCUT2D eigenvalue weighted by molar-refractivity contribution is -0.140. The molecule has 0 saturated carbocycles. The zero-order valence-corrected chi connectivity index (χ0v) is 40.1. The van der Waals surface area contributed by atoms with Gasteiger partial charge in [-0.2, -0.15) is 0 Å². The molecule has 1 fully saturated rings. The number of ether oxygens (including phenoxy) is 2. The number of aromatic nitrogens is 6. The van der Waals surface area contributed by atoms with Crippen LogP contribution < -0.4 is 16.0 Å². The first-order valence-electron chi connectivity index (χ1n) is 23.1. The molecular weight excluding hydrogens is 899 g/mol. The van der Waals surface area contributed by atoms with Crippen molar-refractivity contribution < 1.29 is 53.9 Å². The van der Waals surface area contributed by atoms with Crippen molar-refractivity contribution in [2.75, 3.05) is 110 Å². The average Bonchev–Trinajstić information content (AvgIpc) is 3.28. The number of pyridine rings is 2.